The van der Waals surface area contributed by atoms with Gasteiger partial charge in [0.25, 0.3) is 0 Å². The lowest BCUT2D eigenvalue weighted by molar-refractivity contribution is 0.475. The van der Waals surface area contributed by atoms with Crippen molar-refractivity contribution in [3.8, 4) is 5.75 Å². The molecule has 0 bridgehead atoms. The molecule has 1 fully saturated rings. The van der Waals surface area contributed by atoms with E-state index >= 15 is 0 Å². The highest BCUT2D eigenvalue weighted by molar-refractivity contribution is 5.29. The topological polar surface area (TPSA) is 32.3 Å². The van der Waals surface area contributed by atoms with E-state index in [2.05, 4.69) is 5.32 Å². The molecule has 1 unspecified atom stereocenters. The molecule has 0 aromatic heterocycles. The number of benzene rings is 1. The first-order valence-corrected chi connectivity index (χ1v) is 4.36. The van der Waals surface area contributed by atoms with Crippen molar-refractivity contribution in [3.63, 3.8) is 0 Å². The Kier molecular flexibility index (Phi) is 2.00. The average molecular weight is 163 g/mol. The fraction of sp³-hybridized carbons (Fsp3) is 0.400. The van der Waals surface area contributed by atoms with Crippen LogP contribution in [0.25, 0.3) is 0 Å². The van der Waals surface area contributed by atoms with Gasteiger partial charge in [-0.05, 0) is 36.6 Å². The molecular weight excluding hydrogens is 150 g/mol. The van der Waals surface area contributed by atoms with Crippen LogP contribution in [0.1, 0.15) is 17.9 Å². The Labute approximate surface area is 72.2 Å². The summed E-state index contributed by atoms with van der Waals surface area (Å²) in [4.78, 5) is 0. The first-order valence-electron chi connectivity index (χ1n) is 4.36. The number of rotatable bonds is 1. The molecular formula is C10H13NO. The predicted octanol–water partition coefficient (Wildman–Crippen LogP) is 1.47. The van der Waals surface area contributed by atoms with E-state index in [4.69, 9.17) is 5.11 Å². The Morgan fingerprint density at radius 3 is 2.58 bits per heavy atom. The van der Waals surface area contributed by atoms with Gasteiger partial charge in [-0.1, -0.05) is 12.1 Å². The largest absolute Gasteiger partial charge is 0.508 e. The number of phenols is 1. The van der Waals surface area contributed by atoms with Gasteiger partial charge in [0.15, 0.2) is 0 Å². The van der Waals surface area contributed by atoms with Crippen LogP contribution in [0.5, 0.6) is 5.75 Å². The van der Waals surface area contributed by atoms with Crippen LogP contribution >= 0.6 is 0 Å². The lowest BCUT2D eigenvalue weighted by atomic mass is 9.99. The van der Waals surface area contributed by atoms with Crippen molar-refractivity contribution < 1.29 is 5.11 Å². The summed E-state index contributed by atoms with van der Waals surface area (Å²) in [5.74, 6) is 0.996. The fourth-order valence-corrected chi connectivity index (χ4v) is 1.69. The lowest BCUT2D eigenvalue weighted by Crippen LogP contribution is -2.07. The summed E-state index contributed by atoms with van der Waals surface area (Å²) in [7, 11) is 0. The Hall–Kier alpha value is -1.02. The maximum absolute atomic E-state index is 9.08. The van der Waals surface area contributed by atoms with E-state index in [9.17, 15) is 0 Å². The van der Waals surface area contributed by atoms with Crippen molar-refractivity contribution in [1.82, 2.24) is 5.32 Å². The lowest BCUT2D eigenvalue weighted by Gasteiger charge is -2.07. The van der Waals surface area contributed by atoms with E-state index in [1.165, 1.54) is 12.0 Å². The molecule has 2 rings (SSSR count). The van der Waals surface area contributed by atoms with Gasteiger partial charge < -0.3 is 10.4 Å². The van der Waals surface area contributed by atoms with Gasteiger partial charge in [-0.25, -0.2) is 0 Å². The van der Waals surface area contributed by atoms with Crippen molar-refractivity contribution in [3.05, 3.63) is 29.8 Å². The Morgan fingerprint density at radius 1 is 1.25 bits per heavy atom. The van der Waals surface area contributed by atoms with E-state index < -0.39 is 0 Å². The highest BCUT2D eigenvalue weighted by Gasteiger charge is 2.15. The molecule has 12 heavy (non-hydrogen) atoms. The van der Waals surface area contributed by atoms with Crippen LogP contribution in [0.2, 0.25) is 0 Å². The van der Waals surface area contributed by atoms with E-state index in [0.717, 1.165) is 13.1 Å². The van der Waals surface area contributed by atoms with Crippen molar-refractivity contribution in [1.29, 1.82) is 0 Å². The Balaban J connectivity index is 2.17. The number of phenolic OH excluding ortho intramolecular Hbond substituents is 1. The Bertz CT molecular complexity index is 249. The molecule has 2 nitrogen and oxygen atoms in total. The van der Waals surface area contributed by atoms with Crippen LogP contribution in [0, 0.1) is 0 Å². The monoisotopic (exact) mass is 163 g/mol. The van der Waals surface area contributed by atoms with Gasteiger partial charge in [-0.15, -0.1) is 0 Å². The fourth-order valence-electron chi connectivity index (χ4n) is 1.69. The summed E-state index contributed by atoms with van der Waals surface area (Å²) in [5, 5.41) is 12.4. The summed E-state index contributed by atoms with van der Waals surface area (Å²) in [5.41, 5.74) is 1.33. The highest BCUT2D eigenvalue weighted by Crippen LogP contribution is 2.23. The predicted molar refractivity (Wildman–Crippen MR) is 48.3 cm³/mol. The highest BCUT2D eigenvalue weighted by atomic mass is 16.3. The Morgan fingerprint density at radius 2 is 2.00 bits per heavy atom. The van der Waals surface area contributed by atoms with E-state index in [1.807, 2.05) is 12.1 Å². The third kappa shape index (κ3) is 1.43. The minimum Gasteiger partial charge on any atom is -0.508 e. The van der Waals surface area contributed by atoms with Gasteiger partial charge in [0.1, 0.15) is 5.75 Å². The van der Waals surface area contributed by atoms with Gasteiger partial charge >= 0.3 is 0 Å². The van der Waals surface area contributed by atoms with Crippen LogP contribution < -0.4 is 5.32 Å². The molecule has 1 aromatic rings. The van der Waals surface area contributed by atoms with Crippen LogP contribution in [-0.4, -0.2) is 18.2 Å². The van der Waals surface area contributed by atoms with Gasteiger partial charge in [0, 0.05) is 6.54 Å². The standard InChI is InChI=1S/C10H13NO/c12-10-3-1-8(2-4-10)9-5-6-11-7-9/h1-4,9,11-12H,5-7H2. The normalized spacial score (nSPS) is 22.8. The van der Waals surface area contributed by atoms with Crippen LogP contribution in [0.4, 0.5) is 0 Å². The molecule has 2 N–H and O–H groups in total. The number of nitrogens with one attached hydrogen (secondary N) is 1. The molecule has 1 heterocycles. The maximum Gasteiger partial charge on any atom is 0.115 e. The number of aromatic hydroxyl groups is 1. The first kappa shape index (κ1) is 7.62. The second-order valence-corrected chi connectivity index (χ2v) is 3.28. The van der Waals surface area contributed by atoms with E-state index in [0.29, 0.717) is 11.7 Å². The molecule has 0 radical (unpaired) electrons. The molecule has 0 amide bonds. The molecule has 1 aliphatic heterocycles. The van der Waals surface area contributed by atoms with Gasteiger partial charge in [-0.3, -0.25) is 0 Å². The van der Waals surface area contributed by atoms with Crippen LogP contribution in [-0.2, 0) is 0 Å². The third-order valence-electron chi connectivity index (χ3n) is 2.42. The SMILES string of the molecule is Oc1ccc(C2CCNC2)cc1. The first-order chi connectivity index (χ1) is 5.86. The van der Waals surface area contributed by atoms with E-state index in [-0.39, 0.29) is 0 Å². The van der Waals surface area contributed by atoms with Crippen molar-refractivity contribution in [2.45, 2.75) is 12.3 Å². The second-order valence-electron chi connectivity index (χ2n) is 3.28. The summed E-state index contributed by atoms with van der Waals surface area (Å²) >= 11 is 0. The van der Waals surface area contributed by atoms with Crippen molar-refractivity contribution in [2.24, 2.45) is 0 Å². The van der Waals surface area contributed by atoms with E-state index in [1.54, 1.807) is 12.1 Å². The third-order valence-corrected chi connectivity index (χ3v) is 2.42. The summed E-state index contributed by atoms with van der Waals surface area (Å²) in [6, 6.07) is 7.53. The molecule has 0 spiro atoms. The zero-order valence-corrected chi connectivity index (χ0v) is 6.96. The van der Waals surface area contributed by atoms with Crippen LogP contribution in [0.3, 0.4) is 0 Å². The number of hydrogen-bond donors (Lipinski definition) is 2. The molecule has 0 aliphatic carbocycles. The van der Waals surface area contributed by atoms with Crippen molar-refractivity contribution >= 4 is 0 Å². The zero-order valence-electron chi connectivity index (χ0n) is 6.96. The molecule has 1 saturated heterocycles. The maximum atomic E-state index is 9.08. The zero-order chi connectivity index (χ0) is 8.39. The quantitative estimate of drug-likeness (QED) is 0.657. The summed E-state index contributed by atoms with van der Waals surface area (Å²) < 4.78 is 0. The second kappa shape index (κ2) is 3.15. The minimum absolute atomic E-state index is 0.352. The van der Waals surface area contributed by atoms with Crippen molar-refractivity contribution in [2.75, 3.05) is 13.1 Å². The van der Waals surface area contributed by atoms with Gasteiger partial charge in [0.05, 0.1) is 0 Å². The van der Waals surface area contributed by atoms with Gasteiger partial charge in [-0.2, -0.15) is 0 Å². The summed E-state index contributed by atoms with van der Waals surface area (Å²) in [6.07, 6.45) is 1.21. The van der Waals surface area contributed by atoms with Gasteiger partial charge in [0.2, 0.25) is 0 Å². The molecule has 1 atom stereocenters. The molecule has 64 valence electrons. The summed E-state index contributed by atoms with van der Waals surface area (Å²) in [6.45, 7) is 2.19. The minimum atomic E-state index is 0.352. The molecule has 1 aromatic carbocycles. The molecule has 1 aliphatic rings. The smallest absolute Gasteiger partial charge is 0.115 e. The number of hydrogen-bond acceptors (Lipinski definition) is 2. The average Bonchev–Trinajstić information content (AvgIpc) is 2.58. The molecule has 0 saturated carbocycles. The van der Waals surface area contributed by atoms with Crippen LogP contribution in [0.15, 0.2) is 24.3 Å². The molecule has 2 heteroatoms.